The van der Waals surface area contributed by atoms with Crippen LogP contribution in [0.2, 0.25) is 0 Å². The highest BCUT2D eigenvalue weighted by Crippen LogP contribution is 2.15. The van der Waals surface area contributed by atoms with E-state index in [-0.39, 0.29) is 5.91 Å². The molecule has 2 rings (SSSR count). The second kappa shape index (κ2) is 7.59. The summed E-state index contributed by atoms with van der Waals surface area (Å²) >= 11 is 0. The quantitative estimate of drug-likeness (QED) is 0.502. The molecule has 106 valence electrons. The zero-order chi connectivity index (χ0) is 14.9. The number of hydrogen-bond donors (Lipinski definition) is 1. The van der Waals surface area contributed by atoms with Gasteiger partial charge in [0, 0.05) is 11.8 Å². The van der Waals surface area contributed by atoms with Gasteiger partial charge in [-0.15, -0.1) is 0 Å². The Morgan fingerprint density at radius 1 is 1.29 bits per heavy atom. The highest BCUT2D eigenvalue weighted by molar-refractivity contribution is 5.93. The first-order chi connectivity index (χ1) is 10.3. The van der Waals surface area contributed by atoms with Crippen molar-refractivity contribution < 1.29 is 9.53 Å². The van der Waals surface area contributed by atoms with E-state index in [4.69, 9.17) is 4.74 Å². The minimum atomic E-state index is -0.364. The molecule has 1 amide bonds. The Bertz CT molecular complexity index is 639. The Balaban J connectivity index is 2.01. The summed E-state index contributed by atoms with van der Waals surface area (Å²) in [5.74, 6) is 0.310. The molecule has 0 radical (unpaired) electrons. The van der Waals surface area contributed by atoms with Crippen LogP contribution in [-0.4, -0.2) is 23.7 Å². The fraction of sp³-hybridized carbons (Fsp3) is 0.0625. The van der Waals surface area contributed by atoms with Crippen LogP contribution in [0.5, 0.6) is 5.75 Å². The molecular weight excluding hydrogens is 266 g/mol. The molecule has 21 heavy (non-hydrogen) atoms. The number of nitrogens with zero attached hydrogens (tertiary/aromatic N) is 2. The Morgan fingerprint density at radius 2 is 2.10 bits per heavy atom. The molecule has 0 fully saturated rings. The fourth-order valence-electron chi connectivity index (χ4n) is 1.58. The zero-order valence-corrected chi connectivity index (χ0v) is 11.4. The SMILES string of the molecule is C=CCOc1ccccc1/C=N/NC(=O)c1ccccn1. The van der Waals surface area contributed by atoms with E-state index in [1.807, 2.05) is 24.3 Å². The minimum absolute atomic E-state index is 0.311. The summed E-state index contributed by atoms with van der Waals surface area (Å²) in [7, 11) is 0. The van der Waals surface area contributed by atoms with Gasteiger partial charge in [-0.05, 0) is 24.3 Å². The summed E-state index contributed by atoms with van der Waals surface area (Å²) in [6.45, 7) is 4.01. The molecular formula is C16H15N3O2. The summed E-state index contributed by atoms with van der Waals surface area (Å²) in [5.41, 5.74) is 3.50. The lowest BCUT2D eigenvalue weighted by atomic mass is 10.2. The van der Waals surface area contributed by atoms with Crippen LogP contribution >= 0.6 is 0 Å². The van der Waals surface area contributed by atoms with Crippen LogP contribution in [0.1, 0.15) is 16.1 Å². The summed E-state index contributed by atoms with van der Waals surface area (Å²) in [4.78, 5) is 15.7. The van der Waals surface area contributed by atoms with Gasteiger partial charge in [0.25, 0.3) is 5.91 Å². The number of carbonyl (C=O) groups excluding carboxylic acids is 1. The number of para-hydroxylation sites is 1. The summed E-state index contributed by atoms with van der Waals surface area (Å²) in [6, 6.07) is 12.5. The molecule has 5 nitrogen and oxygen atoms in total. The lowest BCUT2D eigenvalue weighted by Gasteiger charge is -2.06. The van der Waals surface area contributed by atoms with E-state index in [1.54, 1.807) is 30.5 Å². The van der Waals surface area contributed by atoms with Crippen LogP contribution in [0.3, 0.4) is 0 Å². The van der Waals surface area contributed by atoms with E-state index in [0.29, 0.717) is 18.1 Å². The van der Waals surface area contributed by atoms with E-state index in [1.165, 1.54) is 6.21 Å². The number of benzene rings is 1. The van der Waals surface area contributed by atoms with Crippen molar-refractivity contribution in [3.8, 4) is 5.75 Å². The van der Waals surface area contributed by atoms with Gasteiger partial charge in [-0.25, -0.2) is 5.43 Å². The van der Waals surface area contributed by atoms with E-state index in [2.05, 4.69) is 22.1 Å². The average molecular weight is 281 g/mol. The molecule has 0 aliphatic heterocycles. The molecule has 0 atom stereocenters. The number of hydrazone groups is 1. The van der Waals surface area contributed by atoms with Crippen LogP contribution in [0, 0.1) is 0 Å². The van der Waals surface area contributed by atoms with Gasteiger partial charge in [-0.3, -0.25) is 9.78 Å². The highest BCUT2D eigenvalue weighted by Gasteiger charge is 2.04. The third-order valence-corrected chi connectivity index (χ3v) is 2.54. The van der Waals surface area contributed by atoms with Crippen LogP contribution in [0.25, 0.3) is 0 Å². The molecule has 1 aromatic carbocycles. The van der Waals surface area contributed by atoms with Gasteiger partial charge in [0.2, 0.25) is 0 Å². The predicted octanol–water partition coefficient (Wildman–Crippen LogP) is 2.41. The van der Waals surface area contributed by atoms with Crippen LogP contribution < -0.4 is 10.2 Å². The van der Waals surface area contributed by atoms with Crippen molar-refractivity contribution in [2.45, 2.75) is 0 Å². The summed E-state index contributed by atoms with van der Waals surface area (Å²) in [5, 5.41) is 3.92. The molecule has 1 heterocycles. The standard InChI is InChI=1S/C16H15N3O2/c1-2-11-21-15-9-4-3-7-13(15)12-18-19-16(20)14-8-5-6-10-17-14/h2-10,12H,1,11H2,(H,19,20)/b18-12+. The third kappa shape index (κ3) is 4.28. The van der Waals surface area contributed by atoms with Crippen LogP contribution in [-0.2, 0) is 0 Å². The fourth-order valence-corrected chi connectivity index (χ4v) is 1.58. The second-order valence-electron chi connectivity index (χ2n) is 4.05. The number of hydrogen-bond acceptors (Lipinski definition) is 4. The van der Waals surface area contributed by atoms with Crippen molar-refractivity contribution in [2.75, 3.05) is 6.61 Å². The molecule has 0 saturated heterocycles. The number of ether oxygens (including phenoxy) is 1. The van der Waals surface area contributed by atoms with E-state index < -0.39 is 0 Å². The smallest absolute Gasteiger partial charge is 0.289 e. The molecule has 5 heteroatoms. The lowest BCUT2D eigenvalue weighted by Crippen LogP contribution is -2.18. The first-order valence-electron chi connectivity index (χ1n) is 6.38. The predicted molar refractivity (Wildman–Crippen MR) is 81.4 cm³/mol. The average Bonchev–Trinajstić information content (AvgIpc) is 2.54. The third-order valence-electron chi connectivity index (χ3n) is 2.54. The Labute approximate surface area is 123 Å². The first-order valence-corrected chi connectivity index (χ1v) is 6.38. The summed E-state index contributed by atoms with van der Waals surface area (Å²) in [6.07, 6.45) is 4.74. The highest BCUT2D eigenvalue weighted by atomic mass is 16.5. The number of amides is 1. The molecule has 1 N–H and O–H groups in total. The Morgan fingerprint density at radius 3 is 2.86 bits per heavy atom. The Kier molecular flexibility index (Phi) is 5.23. The molecule has 0 saturated carbocycles. The summed E-state index contributed by atoms with van der Waals surface area (Å²) < 4.78 is 5.49. The van der Waals surface area contributed by atoms with Crippen molar-refractivity contribution in [1.29, 1.82) is 0 Å². The Hall–Kier alpha value is -2.95. The number of aromatic nitrogens is 1. The van der Waals surface area contributed by atoms with Crippen molar-refractivity contribution in [3.05, 3.63) is 72.6 Å². The van der Waals surface area contributed by atoms with Gasteiger partial charge >= 0.3 is 0 Å². The monoisotopic (exact) mass is 281 g/mol. The number of nitrogens with one attached hydrogen (secondary N) is 1. The molecule has 0 aliphatic carbocycles. The molecule has 0 bridgehead atoms. The van der Waals surface area contributed by atoms with Crippen LogP contribution in [0.15, 0.2) is 66.4 Å². The van der Waals surface area contributed by atoms with E-state index in [0.717, 1.165) is 5.56 Å². The van der Waals surface area contributed by atoms with Crippen molar-refractivity contribution in [3.63, 3.8) is 0 Å². The minimum Gasteiger partial charge on any atom is -0.489 e. The van der Waals surface area contributed by atoms with Gasteiger partial charge < -0.3 is 4.74 Å². The van der Waals surface area contributed by atoms with Crippen molar-refractivity contribution in [2.24, 2.45) is 5.10 Å². The van der Waals surface area contributed by atoms with E-state index >= 15 is 0 Å². The number of pyridine rings is 1. The molecule has 0 unspecified atom stereocenters. The largest absolute Gasteiger partial charge is 0.489 e. The molecule has 0 aliphatic rings. The molecule has 2 aromatic rings. The van der Waals surface area contributed by atoms with Crippen LogP contribution in [0.4, 0.5) is 0 Å². The number of carbonyl (C=O) groups is 1. The maximum atomic E-state index is 11.8. The van der Waals surface area contributed by atoms with Gasteiger partial charge in [0.05, 0.1) is 6.21 Å². The van der Waals surface area contributed by atoms with Crippen molar-refractivity contribution in [1.82, 2.24) is 10.4 Å². The maximum Gasteiger partial charge on any atom is 0.289 e. The lowest BCUT2D eigenvalue weighted by molar-refractivity contribution is 0.0950. The topological polar surface area (TPSA) is 63.6 Å². The van der Waals surface area contributed by atoms with E-state index in [9.17, 15) is 4.79 Å². The normalized spacial score (nSPS) is 10.3. The first kappa shape index (κ1) is 14.5. The molecule has 0 spiro atoms. The maximum absolute atomic E-state index is 11.8. The second-order valence-corrected chi connectivity index (χ2v) is 4.05. The zero-order valence-electron chi connectivity index (χ0n) is 11.4. The van der Waals surface area contributed by atoms with Gasteiger partial charge in [-0.1, -0.05) is 30.9 Å². The number of rotatable bonds is 6. The van der Waals surface area contributed by atoms with Crippen molar-refractivity contribution >= 4 is 12.1 Å². The van der Waals surface area contributed by atoms with Gasteiger partial charge in [0.1, 0.15) is 18.1 Å². The van der Waals surface area contributed by atoms with Gasteiger partial charge in [0.15, 0.2) is 0 Å². The molecule has 1 aromatic heterocycles. The van der Waals surface area contributed by atoms with Gasteiger partial charge in [-0.2, -0.15) is 5.10 Å².